The van der Waals surface area contributed by atoms with Crippen molar-refractivity contribution in [2.45, 2.75) is 37.6 Å². The molecule has 3 saturated heterocycles. The fraction of sp³-hybridized carbons (Fsp3) is 1.00. The summed E-state index contributed by atoms with van der Waals surface area (Å²) in [5.74, 6) is 0.769. The zero-order valence-electron chi connectivity index (χ0n) is 13.1. The van der Waals surface area contributed by atoms with Crippen LogP contribution in [-0.2, 0) is 4.74 Å². The van der Waals surface area contributed by atoms with E-state index in [1.807, 2.05) is 0 Å². The van der Waals surface area contributed by atoms with E-state index in [9.17, 15) is 0 Å². The quantitative estimate of drug-likeness (QED) is 0.822. The summed E-state index contributed by atoms with van der Waals surface area (Å²) in [7, 11) is 2.35. The molecular formula is C16H31N3O. The van der Waals surface area contributed by atoms with Gasteiger partial charge in [-0.25, -0.2) is 0 Å². The molecule has 0 amide bonds. The van der Waals surface area contributed by atoms with Crippen LogP contribution in [0.2, 0.25) is 0 Å². The summed E-state index contributed by atoms with van der Waals surface area (Å²) >= 11 is 0. The van der Waals surface area contributed by atoms with E-state index in [0.717, 1.165) is 19.1 Å². The molecule has 20 heavy (non-hydrogen) atoms. The van der Waals surface area contributed by atoms with E-state index in [0.29, 0.717) is 5.54 Å². The molecule has 0 radical (unpaired) electrons. The molecule has 0 aromatic rings. The van der Waals surface area contributed by atoms with Crippen molar-refractivity contribution in [2.75, 3.05) is 59.5 Å². The number of ether oxygens (including phenoxy) is 1. The maximum Gasteiger partial charge on any atom is 0.0506 e. The highest BCUT2D eigenvalue weighted by molar-refractivity contribution is 4.97. The minimum atomic E-state index is 0.428. The monoisotopic (exact) mass is 281 g/mol. The molecule has 0 aromatic heterocycles. The first-order valence-electron chi connectivity index (χ1n) is 8.51. The second-order valence-electron chi connectivity index (χ2n) is 7.07. The summed E-state index contributed by atoms with van der Waals surface area (Å²) in [6, 6.07) is 0. The molecule has 1 N–H and O–H groups in total. The number of nitrogens with one attached hydrogen (secondary N) is 1. The number of rotatable bonds is 2. The molecule has 3 aliphatic heterocycles. The van der Waals surface area contributed by atoms with Gasteiger partial charge < -0.3 is 15.0 Å². The van der Waals surface area contributed by atoms with Gasteiger partial charge in [0.2, 0.25) is 0 Å². The Kier molecular flexibility index (Phi) is 4.97. The summed E-state index contributed by atoms with van der Waals surface area (Å²) in [5.41, 5.74) is 0.428. The van der Waals surface area contributed by atoms with Gasteiger partial charge in [0.15, 0.2) is 0 Å². The average Bonchev–Trinajstić information content (AvgIpc) is 2.62. The lowest BCUT2D eigenvalue weighted by Crippen LogP contribution is -2.57. The Morgan fingerprint density at radius 2 is 2.05 bits per heavy atom. The van der Waals surface area contributed by atoms with Gasteiger partial charge in [0.05, 0.1) is 6.61 Å². The van der Waals surface area contributed by atoms with Gasteiger partial charge in [-0.1, -0.05) is 0 Å². The number of hydrogen-bond donors (Lipinski definition) is 1. The van der Waals surface area contributed by atoms with Crippen LogP contribution < -0.4 is 5.32 Å². The molecule has 0 bridgehead atoms. The Bertz CT molecular complexity index is 298. The van der Waals surface area contributed by atoms with Crippen molar-refractivity contribution in [3.8, 4) is 0 Å². The predicted octanol–water partition coefficient (Wildman–Crippen LogP) is 1.17. The Hall–Kier alpha value is -0.160. The van der Waals surface area contributed by atoms with Gasteiger partial charge >= 0.3 is 0 Å². The zero-order chi connectivity index (χ0) is 13.8. The minimum Gasteiger partial charge on any atom is -0.381 e. The number of piperidine rings is 1. The SMILES string of the molecule is CN1CCCN(CC2CCCOC2)CC12CCNCC2. The maximum atomic E-state index is 5.67. The van der Waals surface area contributed by atoms with Gasteiger partial charge in [0.25, 0.3) is 0 Å². The van der Waals surface area contributed by atoms with Crippen LogP contribution >= 0.6 is 0 Å². The van der Waals surface area contributed by atoms with Crippen molar-refractivity contribution in [3.05, 3.63) is 0 Å². The van der Waals surface area contributed by atoms with Gasteiger partial charge in [0, 0.05) is 25.2 Å². The van der Waals surface area contributed by atoms with Crippen molar-refractivity contribution in [3.63, 3.8) is 0 Å². The Balaban J connectivity index is 1.62. The molecule has 4 heteroatoms. The molecule has 3 aliphatic rings. The second kappa shape index (κ2) is 6.73. The minimum absolute atomic E-state index is 0.428. The standard InChI is InChI=1S/C16H31N3O/c1-18-9-3-10-19(12-15-4-2-11-20-13-15)14-16(18)5-7-17-8-6-16/h15,17H,2-14H2,1H3. The summed E-state index contributed by atoms with van der Waals surface area (Å²) in [5, 5.41) is 3.53. The van der Waals surface area contributed by atoms with Crippen LogP contribution in [0.3, 0.4) is 0 Å². The maximum absolute atomic E-state index is 5.67. The highest BCUT2D eigenvalue weighted by Gasteiger charge is 2.39. The predicted molar refractivity (Wildman–Crippen MR) is 82.1 cm³/mol. The fourth-order valence-corrected chi connectivity index (χ4v) is 4.29. The van der Waals surface area contributed by atoms with E-state index >= 15 is 0 Å². The molecular weight excluding hydrogens is 250 g/mol. The van der Waals surface area contributed by atoms with Gasteiger partial charge in [-0.05, 0) is 71.2 Å². The summed E-state index contributed by atoms with van der Waals surface area (Å²) in [6.45, 7) is 9.39. The first-order valence-corrected chi connectivity index (χ1v) is 8.51. The van der Waals surface area contributed by atoms with Crippen LogP contribution in [0.1, 0.15) is 32.1 Å². The van der Waals surface area contributed by atoms with Gasteiger partial charge in [-0.3, -0.25) is 4.90 Å². The first-order chi connectivity index (χ1) is 9.78. The van der Waals surface area contributed by atoms with Crippen molar-refractivity contribution < 1.29 is 4.74 Å². The van der Waals surface area contributed by atoms with Gasteiger partial charge in [-0.15, -0.1) is 0 Å². The highest BCUT2D eigenvalue weighted by Crippen LogP contribution is 2.29. The topological polar surface area (TPSA) is 27.7 Å². The molecule has 116 valence electrons. The molecule has 3 fully saturated rings. The van der Waals surface area contributed by atoms with E-state index in [4.69, 9.17) is 4.74 Å². The third-order valence-electron chi connectivity index (χ3n) is 5.60. The van der Waals surface area contributed by atoms with Crippen LogP contribution in [0.15, 0.2) is 0 Å². The number of nitrogens with zero attached hydrogens (tertiary/aromatic N) is 2. The lowest BCUT2D eigenvalue weighted by molar-refractivity contribution is 0.0234. The summed E-state index contributed by atoms with van der Waals surface area (Å²) in [4.78, 5) is 5.40. The molecule has 1 atom stereocenters. The van der Waals surface area contributed by atoms with Crippen molar-refractivity contribution in [1.82, 2.24) is 15.1 Å². The smallest absolute Gasteiger partial charge is 0.0506 e. The summed E-state index contributed by atoms with van der Waals surface area (Å²) < 4.78 is 5.67. The van der Waals surface area contributed by atoms with Crippen molar-refractivity contribution >= 4 is 0 Å². The van der Waals surface area contributed by atoms with Gasteiger partial charge in [0.1, 0.15) is 0 Å². The lowest BCUT2D eigenvalue weighted by atomic mass is 9.86. The lowest BCUT2D eigenvalue weighted by Gasteiger charge is -2.46. The van der Waals surface area contributed by atoms with Crippen LogP contribution in [0.4, 0.5) is 0 Å². The van der Waals surface area contributed by atoms with Crippen molar-refractivity contribution in [1.29, 1.82) is 0 Å². The molecule has 3 heterocycles. The zero-order valence-corrected chi connectivity index (χ0v) is 13.1. The van der Waals surface area contributed by atoms with E-state index < -0.39 is 0 Å². The Labute approximate surface area is 123 Å². The van der Waals surface area contributed by atoms with Gasteiger partial charge in [-0.2, -0.15) is 0 Å². The second-order valence-corrected chi connectivity index (χ2v) is 7.07. The normalized spacial score (nSPS) is 33.1. The molecule has 4 nitrogen and oxygen atoms in total. The van der Waals surface area contributed by atoms with Crippen LogP contribution in [-0.4, -0.2) is 74.9 Å². The third kappa shape index (κ3) is 3.35. The molecule has 0 aliphatic carbocycles. The average molecular weight is 281 g/mol. The first kappa shape index (κ1) is 14.8. The van der Waals surface area contributed by atoms with E-state index in [1.54, 1.807) is 0 Å². The largest absolute Gasteiger partial charge is 0.381 e. The molecule has 1 spiro atoms. The van der Waals surface area contributed by atoms with E-state index in [1.165, 1.54) is 71.4 Å². The van der Waals surface area contributed by atoms with Crippen molar-refractivity contribution in [2.24, 2.45) is 5.92 Å². The Morgan fingerprint density at radius 3 is 2.80 bits per heavy atom. The van der Waals surface area contributed by atoms with Crippen LogP contribution in [0.25, 0.3) is 0 Å². The van der Waals surface area contributed by atoms with E-state index in [-0.39, 0.29) is 0 Å². The molecule has 0 aromatic carbocycles. The molecule has 0 saturated carbocycles. The van der Waals surface area contributed by atoms with E-state index in [2.05, 4.69) is 22.2 Å². The Morgan fingerprint density at radius 1 is 1.20 bits per heavy atom. The van der Waals surface area contributed by atoms with Crippen LogP contribution in [0, 0.1) is 5.92 Å². The number of hydrogen-bond acceptors (Lipinski definition) is 4. The fourth-order valence-electron chi connectivity index (χ4n) is 4.29. The highest BCUT2D eigenvalue weighted by atomic mass is 16.5. The molecule has 1 unspecified atom stereocenters. The third-order valence-corrected chi connectivity index (χ3v) is 5.60. The molecule has 3 rings (SSSR count). The number of likely N-dealkylation sites (N-methyl/N-ethyl adjacent to an activating group) is 1. The van der Waals surface area contributed by atoms with Crippen LogP contribution in [0.5, 0.6) is 0 Å². The summed E-state index contributed by atoms with van der Waals surface area (Å²) in [6.07, 6.45) is 6.55.